The van der Waals surface area contributed by atoms with Crippen LogP contribution in [0.4, 0.5) is 0 Å². The van der Waals surface area contributed by atoms with Crippen molar-refractivity contribution in [3.63, 3.8) is 0 Å². The first-order chi connectivity index (χ1) is 15.7. The van der Waals surface area contributed by atoms with E-state index in [0.29, 0.717) is 31.3 Å². The van der Waals surface area contributed by atoms with Crippen molar-refractivity contribution >= 4 is 29.4 Å². The second-order valence-electron chi connectivity index (χ2n) is 8.83. The summed E-state index contributed by atoms with van der Waals surface area (Å²) in [5, 5.41) is 22.2. The molecule has 0 bridgehead atoms. The van der Waals surface area contributed by atoms with Crippen LogP contribution in [0.2, 0.25) is 5.02 Å². The predicted molar refractivity (Wildman–Crippen MR) is 121 cm³/mol. The monoisotopic (exact) mass is 472 g/mol. The Bertz CT molecular complexity index is 1050. The van der Waals surface area contributed by atoms with Gasteiger partial charge in [-0.2, -0.15) is 0 Å². The van der Waals surface area contributed by atoms with Gasteiger partial charge in [-0.3, -0.25) is 9.59 Å². The number of likely N-dealkylation sites (tertiary alicyclic amines) is 1. The van der Waals surface area contributed by atoms with Crippen LogP contribution in [0.5, 0.6) is 0 Å². The first kappa shape index (κ1) is 23.2. The maximum absolute atomic E-state index is 12.5. The molecule has 0 saturated carbocycles. The summed E-state index contributed by atoms with van der Waals surface area (Å²) in [6.07, 6.45) is -1.62. The van der Waals surface area contributed by atoms with Crippen LogP contribution in [0.25, 0.3) is 11.1 Å². The van der Waals surface area contributed by atoms with Gasteiger partial charge in [0.05, 0.1) is 18.6 Å². The predicted octanol–water partition coefficient (Wildman–Crippen LogP) is 1.73. The van der Waals surface area contributed by atoms with Crippen LogP contribution < -0.4 is 5.32 Å². The number of aliphatic hydroxyl groups is 1. The highest BCUT2D eigenvalue weighted by Gasteiger charge is 2.51. The molecule has 8 nitrogen and oxygen atoms in total. The highest BCUT2D eigenvalue weighted by molar-refractivity contribution is 6.35. The minimum atomic E-state index is -1.66. The van der Waals surface area contributed by atoms with Crippen molar-refractivity contribution in [2.75, 3.05) is 26.3 Å². The highest BCUT2D eigenvalue weighted by Crippen LogP contribution is 2.37. The van der Waals surface area contributed by atoms with Gasteiger partial charge in [0.25, 0.3) is 0 Å². The third-order valence-electron chi connectivity index (χ3n) is 6.07. The van der Waals surface area contributed by atoms with Gasteiger partial charge in [0, 0.05) is 30.6 Å². The van der Waals surface area contributed by atoms with Crippen molar-refractivity contribution in [1.29, 1.82) is 0 Å². The van der Waals surface area contributed by atoms with E-state index < -0.39 is 29.9 Å². The third kappa shape index (κ3) is 5.35. The van der Waals surface area contributed by atoms with Gasteiger partial charge < -0.3 is 25.2 Å². The number of carboxylic acid groups (broad SMARTS) is 1. The molecule has 2 amide bonds. The molecule has 0 aromatic heterocycles. The van der Waals surface area contributed by atoms with Gasteiger partial charge in [0.1, 0.15) is 0 Å². The van der Waals surface area contributed by atoms with E-state index in [2.05, 4.69) is 5.32 Å². The molecule has 2 fully saturated rings. The molecule has 2 heterocycles. The van der Waals surface area contributed by atoms with Crippen LogP contribution in [0.15, 0.2) is 48.5 Å². The van der Waals surface area contributed by atoms with E-state index in [9.17, 15) is 19.5 Å². The molecule has 174 valence electrons. The van der Waals surface area contributed by atoms with Crippen LogP contribution in [0.3, 0.4) is 0 Å². The van der Waals surface area contributed by atoms with Gasteiger partial charge in [-0.15, -0.1) is 0 Å². The summed E-state index contributed by atoms with van der Waals surface area (Å²) in [5.41, 5.74) is 2.72. The van der Waals surface area contributed by atoms with E-state index in [1.807, 2.05) is 42.5 Å². The van der Waals surface area contributed by atoms with Crippen molar-refractivity contribution in [3.05, 3.63) is 59.1 Å². The Hall–Kier alpha value is -2.94. The maximum Gasteiger partial charge on any atom is 0.332 e. The quantitative estimate of drug-likeness (QED) is 0.528. The molecule has 0 aliphatic carbocycles. The Balaban J connectivity index is 1.41. The zero-order valence-electron chi connectivity index (χ0n) is 17.9. The van der Waals surface area contributed by atoms with Crippen molar-refractivity contribution in [3.8, 4) is 11.1 Å². The lowest BCUT2D eigenvalue weighted by Crippen LogP contribution is -2.68. The lowest BCUT2D eigenvalue weighted by atomic mass is 9.78. The Kier molecular flexibility index (Phi) is 6.69. The molecule has 0 radical (unpaired) electrons. The molecule has 2 aromatic rings. The van der Waals surface area contributed by atoms with Crippen LogP contribution in [0, 0.1) is 5.41 Å². The number of halogens is 1. The van der Waals surface area contributed by atoms with E-state index in [1.165, 1.54) is 4.90 Å². The van der Waals surface area contributed by atoms with Gasteiger partial charge in [-0.1, -0.05) is 48.0 Å². The summed E-state index contributed by atoms with van der Waals surface area (Å²) in [6.45, 7) is 2.15. The SMILES string of the molecule is O=C(N[C@H](Cc1ccc(-c2cccc(Cl)c2)cc1)C[C@@H](O)C(=O)O)C(=O)N1CC2(COC2)C1. The molecule has 2 aromatic carbocycles. The fourth-order valence-corrected chi connectivity index (χ4v) is 4.41. The fraction of sp³-hybridized carbons (Fsp3) is 0.375. The molecule has 2 aliphatic heterocycles. The molecule has 2 atom stereocenters. The number of carboxylic acids is 1. The number of ether oxygens (including phenoxy) is 1. The highest BCUT2D eigenvalue weighted by atomic mass is 35.5. The molecule has 3 N–H and O–H groups in total. The molecular weight excluding hydrogens is 448 g/mol. The van der Waals surface area contributed by atoms with Crippen LogP contribution in [-0.4, -0.2) is 71.3 Å². The summed E-state index contributed by atoms with van der Waals surface area (Å²) in [5.74, 6) is -2.84. The molecule has 2 aliphatic rings. The van der Waals surface area contributed by atoms with Gasteiger partial charge >= 0.3 is 17.8 Å². The second-order valence-corrected chi connectivity index (χ2v) is 9.26. The van der Waals surface area contributed by atoms with Crippen molar-refractivity contribution in [2.45, 2.75) is 25.0 Å². The number of carbonyl (C=O) groups is 3. The molecule has 0 unspecified atom stereocenters. The van der Waals surface area contributed by atoms with Gasteiger partial charge in [-0.25, -0.2) is 4.79 Å². The normalized spacial score (nSPS) is 18.1. The summed E-state index contributed by atoms with van der Waals surface area (Å²) < 4.78 is 5.18. The Morgan fingerprint density at radius 3 is 2.36 bits per heavy atom. The Morgan fingerprint density at radius 1 is 1.09 bits per heavy atom. The number of hydrogen-bond donors (Lipinski definition) is 3. The molecule has 9 heteroatoms. The zero-order chi connectivity index (χ0) is 23.6. The fourth-order valence-electron chi connectivity index (χ4n) is 4.22. The summed E-state index contributed by atoms with van der Waals surface area (Å²) in [7, 11) is 0. The van der Waals surface area contributed by atoms with E-state index >= 15 is 0 Å². The van der Waals surface area contributed by atoms with Crippen LogP contribution >= 0.6 is 11.6 Å². The third-order valence-corrected chi connectivity index (χ3v) is 6.31. The van der Waals surface area contributed by atoms with E-state index in [0.717, 1.165) is 16.7 Å². The Labute approximate surface area is 196 Å². The number of carbonyl (C=O) groups excluding carboxylic acids is 2. The zero-order valence-corrected chi connectivity index (χ0v) is 18.6. The topological polar surface area (TPSA) is 116 Å². The van der Waals surface area contributed by atoms with Crippen LogP contribution in [0.1, 0.15) is 12.0 Å². The Morgan fingerprint density at radius 2 is 1.79 bits per heavy atom. The van der Waals surface area contributed by atoms with Crippen molar-refractivity contribution in [2.24, 2.45) is 5.41 Å². The molecular formula is C24H25ClN2O6. The number of amides is 2. The number of aliphatic carboxylic acids is 1. The van der Waals surface area contributed by atoms with Crippen molar-refractivity contribution in [1.82, 2.24) is 10.2 Å². The summed E-state index contributed by atoms with van der Waals surface area (Å²) in [6, 6.07) is 14.2. The van der Waals surface area contributed by atoms with Gasteiger partial charge in [0.15, 0.2) is 6.10 Å². The number of hydrogen-bond acceptors (Lipinski definition) is 5. The first-order valence-electron chi connectivity index (χ1n) is 10.7. The molecule has 1 spiro atoms. The summed E-state index contributed by atoms with van der Waals surface area (Å²) >= 11 is 6.06. The average molecular weight is 473 g/mol. The van der Waals surface area contributed by atoms with Gasteiger partial charge in [0.2, 0.25) is 0 Å². The minimum Gasteiger partial charge on any atom is -0.479 e. The number of benzene rings is 2. The molecule has 4 rings (SSSR count). The number of nitrogens with one attached hydrogen (secondary N) is 1. The first-order valence-corrected chi connectivity index (χ1v) is 11.1. The van der Waals surface area contributed by atoms with Crippen LogP contribution in [-0.2, 0) is 25.5 Å². The van der Waals surface area contributed by atoms with E-state index in [-0.39, 0.29) is 18.3 Å². The molecule has 33 heavy (non-hydrogen) atoms. The standard InChI is InChI=1S/C24H25ClN2O6/c25-18-3-1-2-17(9-18)16-6-4-15(5-7-16)8-19(10-20(28)23(31)32)26-21(29)22(30)27-11-24(12-27)13-33-14-24/h1-7,9,19-20,28H,8,10-14H2,(H,26,29)(H,31,32)/t19-,20-/m1/s1. The number of rotatable bonds is 7. The smallest absolute Gasteiger partial charge is 0.332 e. The molecule has 2 saturated heterocycles. The van der Waals surface area contributed by atoms with Crippen molar-refractivity contribution < 1.29 is 29.3 Å². The van der Waals surface area contributed by atoms with E-state index in [1.54, 1.807) is 6.07 Å². The largest absolute Gasteiger partial charge is 0.479 e. The lowest BCUT2D eigenvalue weighted by Gasteiger charge is -2.54. The van der Waals surface area contributed by atoms with E-state index in [4.69, 9.17) is 21.4 Å². The second kappa shape index (κ2) is 9.51. The number of nitrogens with zero attached hydrogens (tertiary/aromatic N) is 1. The van der Waals surface area contributed by atoms with Gasteiger partial charge in [-0.05, 0) is 35.2 Å². The summed E-state index contributed by atoms with van der Waals surface area (Å²) in [4.78, 5) is 37.6. The lowest BCUT2D eigenvalue weighted by molar-refractivity contribution is -0.196. The maximum atomic E-state index is 12.5. The number of aliphatic hydroxyl groups excluding tert-OH is 1. The average Bonchev–Trinajstić information content (AvgIpc) is 2.72. The minimum absolute atomic E-state index is 0.0143.